The van der Waals surface area contributed by atoms with E-state index in [1.807, 2.05) is 0 Å². The van der Waals surface area contributed by atoms with Crippen LogP contribution in [-0.4, -0.2) is 52.7 Å². The van der Waals surface area contributed by atoms with E-state index >= 15 is 0 Å². The number of rotatable bonds is 24. The van der Waals surface area contributed by atoms with E-state index in [-0.39, 0.29) is 35.3 Å². The maximum absolute atomic E-state index is 12.9. The van der Waals surface area contributed by atoms with Gasteiger partial charge in [-0.15, -0.1) is 15.0 Å². The normalized spacial score (nSPS) is 10.7. The van der Waals surface area contributed by atoms with Crippen LogP contribution in [0.15, 0.2) is 146 Å². The van der Waals surface area contributed by atoms with Gasteiger partial charge >= 0.3 is 35.9 Å². The van der Waals surface area contributed by atoms with Crippen molar-refractivity contribution in [2.24, 2.45) is 0 Å². The summed E-state index contributed by atoms with van der Waals surface area (Å²) in [5.74, 6) is 2.10. The van der Waals surface area contributed by atoms with Crippen LogP contribution in [0.1, 0.15) is 90.4 Å². The number of hydrogen-bond acceptors (Lipinski definition) is 15. The van der Waals surface area contributed by atoms with Gasteiger partial charge in [-0.05, 0) is 165 Å². The summed E-state index contributed by atoms with van der Waals surface area (Å²) in [6.45, 7) is 8.06. The number of carbonyl (C=O) groups is 3. The first-order valence-corrected chi connectivity index (χ1v) is 22.7. The molecule has 1 heterocycles. The highest BCUT2D eigenvalue weighted by atomic mass is 16.6. The molecule has 0 aliphatic rings. The SMILES string of the molecule is CCCCOc1ccc(C(=O)Oc2ccc(Oc3nc(Oc4ccc(OC(=O)c5ccc(OCCCC)cc5)cc4)nc(Oc4ccc(OC(=O)c5ccc(OCCCC)cc5)cc4)n3)cc2)cc1. The first-order valence-electron chi connectivity index (χ1n) is 22.7. The number of nitrogens with zero attached hydrogens (tertiary/aromatic N) is 3. The summed E-state index contributed by atoms with van der Waals surface area (Å²) in [5.41, 5.74) is 1.08. The molecule has 1 aromatic heterocycles. The van der Waals surface area contributed by atoms with Gasteiger partial charge in [-0.2, -0.15) is 0 Å². The van der Waals surface area contributed by atoms with E-state index in [0.717, 1.165) is 38.5 Å². The summed E-state index contributed by atoms with van der Waals surface area (Å²) < 4.78 is 51.8. The molecule has 0 bridgehead atoms. The van der Waals surface area contributed by atoms with E-state index in [9.17, 15) is 14.4 Å². The van der Waals surface area contributed by atoms with Crippen molar-refractivity contribution in [1.82, 2.24) is 15.0 Å². The lowest BCUT2D eigenvalue weighted by Crippen LogP contribution is -2.08. The summed E-state index contributed by atoms with van der Waals surface area (Å²) >= 11 is 0. The first kappa shape index (κ1) is 48.5. The van der Waals surface area contributed by atoms with Crippen molar-refractivity contribution in [3.8, 4) is 69.8 Å². The largest absolute Gasteiger partial charge is 0.494 e. The number of aromatic nitrogens is 3. The highest BCUT2D eigenvalue weighted by molar-refractivity contribution is 5.92. The van der Waals surface area contributed by atoms with Gasteiger partial charge in [-0.25, -0.2) is 14.4 Å². The van der Waals surface area contributed by atoms with E-state index in [1.54, 1.807) is 146 Å². The van der Waals surface area contributed by atoms with E-state index in [2.05, 4.69) is 35.7 Å². The fourth-order valence-corrected chi connectivity index (χ4v) is 6.06. The van der Waals surface area contributed by atoms with Gasteiger partial charge in [0.05, 0.1) is 36.5 Å². The molecule has 6 aromatic carbocycles. The quantitative estimate of drug-likeness (QED) is 0.0318. The van der Waals surface area contributed by atoms with Crippen LogP contribution in [0.4, 0.5) is 0 Å². The zero-order valence-corrected chi connectivity index (χ0v) is 38.5. The van der Waals surface area contributed by atoms with Crippen molar-refractivity contribution in [3.63, 3.8) is 0 Å². The molecule has 0 aliphatic heterocycles. The maximum Gasteiger partial charge on any atom is 0.343 e. The average Bonchev–Trinajstić information content (AvgIpc) is 3.36. The second-order valence-electron chi connectivity index (χ2n) is 15.3. The van der Waals surface area contributed by atoms with Crippen LogP contribution < -0.4 is 42.6 Å². The number of hydrogen-bond donors (Lipinski definition) is 0. The standard InChI is InChI=1S/C54H51N3O12/c1-4-7-34-61-40-16-10-37(11-17-40)49(58)64-43-22-28-46(29-23-43)67-52-55-53(68-47-30-24-44(25-31-47)65-50(59)38-12-18-41(19-13-38)62-35-8-5-2)57-54(56-52)69-48-32-26-45(27-33-48)66-51(60)39-14-20-42(21-15-39)63-36-9-6-3/h10-33H,4-9,34-36H2,1-3H3. The van der Waals surface area contributed by atoms with Gasteiger partial charge in [0.2, 0.25) is 0 Å². The third kappa shape index (κ3) is 15.0. The smallest absolute Gasteiger partial charge is 0.343 e. The van der Waals surface area contributed by atoms with Crippen molar-refractivity contribution in [2.45, 2.75) is 59.3 Å². The number of benzene rings is 6. The predicted molar refractivity (Wildman–Crippen MR) is 255 cm³/mol. The zero-order chi connectivity index (χ0) is 48.2. The molecule has 0 aliphatic carbocycles. The molecule has 0 saturated carbocycles. The monoisotopic (exact) mass is 933 g/mol. The van der Waals surface area contributed by atoms with Crippen LogP contribution in [0.3, 0.4) is 0 Å². The summed E-state index contributed by atoms with van der Waals surface area (Å²) in [6.07, 6.45) is 5.87. The third-order valence-corrected chi connectivity index (χ3v) is 9.87. The van der Waals surface area contributed by atoms with Crippen LogP contribution in [0.2, 0.25) is 0 Å². The van der Waals surface area contributed by atoms with Crippen LogP contribution in [0, 0.1) is 0 Å². The van der Waals surface area contributed by atoms with Gasteiger partial charge in [0.15, 0.2) is 0 Å². The number of unbranched alkanes of at least 4 members (excludes halogenated alkanes) is 3. The molecule has 15 heteroatoms. The minimum Gasteiger partial charge on any atom is -0.494 e. The lowest BCUT2D eigenvalue weighted by molar-refractivity contribution is 0.0725. The summed E-state index contributed by atoms with van der Waals surface area (Å²) in [4.78, 5) is 51.7. The lowest BCUT2D eigenvalue weighted by Gasteiger charge is -2.11. The van der Waals surface area contributed by atoms with E-state index < -0.39 is 17.9 Å². The zero-order valence-electron chi connectivity index (χ0n) is 38.5. The van der Waals surface area contributed by atoms with Crippen molar-refractivity contribution in [1.29, 1.82) is 0 Å². The Morgan fingerprint density at radius 3 is 0.768 bits per heavy atom. The van der Waals surface area contributed by atoms with E-state index in [1.165, 1.54) is 0 Å². The molecule has 0 saturated heterocycles. The molecule has 7 rings (SSSR count). The average molecular weight is 934 g/mol. The van der Waals surface area contributed by atoms with E-state index in [4.69, 9.17) is 42.6 Å². The Balaban J connectivity index is 1.02. The number of carbonyl (C=O) groups excluding carboxylic acids is 3. The van der Waals surface area contributed by atoms with E-state index in [0.29, 0.717) is 71.0 Å². The van der Waals surface area contributed by atoms with Crippen molar-refractivity contribution < 1.29 is 57.0 Å². The molecular weight excluding hydrogens is 883 g/mol. The molecule has 0 spiro atoms. The number of esters is 3. The van der Waals surface area contributed by atoms with Crippen LogP contribution >= 0.6 is 0 Å². The third-order valence-electron chi connectivity index (χ3n) is 9.87. The summed E-state index contributed by atoms with van der Waals surface area (Å²) in [5, 5.41) is 0. The molecule has 0 fully saturated rings. The molecule has 354 valence electrons. The van der Waals surface area contributed by atoms with Crippen molar-refractivity contribution in [3.05, 3.63) is 162 Å². The van der Waals surface area contributed by atoms with Gasteiger partial charge in [0.1, 0.15) is 51.7 Å². The molecule has 69 heavy (non-hydrogen) atoms. The van der Waals surface area contributed by atoms with Crippen LogP contribution in [0.5, 0.6) is 69.8 Å². The fraction of sp³-hybridized carbons (Fsp3) is 0.222. The Morgan fingerprint density at radius 1 is 0.319 bits per heavy atom. The minimum absolute atomic E-state index is 0.194. The molecule has 0 radical (unpaired) electrons. The molecule has 0 amide bonds. The summed E-state index contributed by atoms with van der Waals surface area (Å²) in [7, 11) is 0. The summed E-state index contributed by atoms with van der Waals surface area (Å²) in [6, 6.07) is 38.5. The molecule has 15 nitrogen and oxygen atoms in total. The maximum atomic E-state index is 12.9. The minimum atomic E-state index is -0.543. The first-order chi connectivity index (χ1) is 33.7. The van der Waals surface area contributed by atoms with Gasteiger partial charge in [0.25, 0.3) is 0 Å². The topological polar surface area (TPSA) is 173 Å². The Kier molecular flexibility index (Phi) is 17.5. The second-order valence-corrected chi connectivity index (χ2v) is 15.3. The Hall–Kier alpha value is -8.46. The second kappa shape index (κ2) is 24.9. The van der Waals surface area contributed by atoms with Crippen molar-refractivity contribution in [2.75, 3.05) is 19.8 Å². The van der Waals surface area contributed by atoms with Gasteiger partial charge < -0.3 is 42.6 Å². The highest BCUT2D eigenvalue weighted by Crippen LogP contribution is 2.30. The van der Waals surface area contributed by atoms with Crippen LogP contribution in [0.25, 0.3) is 0 Å². The Bertz CT molecular complexity index is 2420. The van der Waals surface area contributed by atoms with Gasteiger partial charge in [0, 0.05) is 0 Å². The molecule has 0 N–H and O–H groups in total. The molecule has 7 aromatic rings. The molecular formula is C54H51N3O12. The Labute approximate surface area is 399 Å². The van der Waals surface area contributed by atoms with Gasteiger partial charge in [-0.1, -0.05) is 40.0 Å². The van der Waals surface area contributed by atoms with Crippen molar-refractivity contribution >= 4 is 17.9 Å². The van der Waals surface area contributed by atoms with Gasteiger partial charge in [-0.3, -0.25) is 0 Å². The predicted octanol–water partition coefficient (Wildman–Crippen LogP) is 12.4. The van der Waals surface area contributed by atoms with Crippen LogP contribution in [-0.2, 0) is 0 Å². The molecule has 0 atom stereocenters. The molecule has 0 unspecified atom stereocenters. The highest BCUT2D eigenvalue weighted by Gasteiger charge is 2.16. The number of ether oxygens (including phenoxy) is 9. The fourth-order valence-electron chi connectivity index (χ4n) is 6.06. The Morgan fingerprint density at radius 2 is 0.536 bits per heavy atom. The lowest BCUT2D eigenvalue weighted by atomic mass is 10.2.